The third-order valence-corrected chi connectivity index (χ3v) is 3.79. The number of methoxy groups -OCH3 is 1. The van der Waals surface area contributed by atoms with Crippen molar-refractivity contribution in [1.82, 2.24) is 4.90 Å². The maximum absolute atomic E-state index is 5.24. The van der Waals surface area contributed by atoms with E-state index in [1.807, 2.05) is 12.1 Å². The molecule has 1 rings (SSSR count). The van der Waals surface area contributed by atoms with E-state index < -0.39 is 0 Å². The Morgan fingerprint density at radius 1 is 1.44 bits per heavy atom. The van der Waals surface area contributed by atoms with E-state index in [9.17, 15) is 0 Å². The van der Waals surface area contributed by atoms with Crippen molar-refractivity contribution in [3.8, 4) is 5.75 Å². The predicted octanol–water partition coefficient (Wildman–Crippen LogP) is 3.69. The smallest absolute Gasteiger partial charge is 0.119 e. The van der Waals surface area contributed by atoms with E-state index in [2.05, 4.69) is 47.8 Å². The van der Waals surface area contributed by atoms with Crippen LogP contribution in [-0.2, 0) is 6.54 Å². The zero-order valence-electron chi connectivity index (χ0n) is 10.5. The van der Waals surface area contributed by atoms with Crippen molar-refractivity contribution < 1.29 is 4.74 Å². The molecule has 1 unspecified atom stereocenters. The van der Waals surface area contributed by atoms with Gasteiger partial charge in [0.25, 0.3) is 0 Å². The molecule has 0 radical (unpaired) electrons. The fraction of sp³-hybridized carbons (Fsp3) is 0.538. The number of hydrogen-bond donors (Lipinski definition) is 0. The zero-order chi connectivity index (χ0) is 12.1. The molecule has 1 atom stereocenters. The van der Waals surface area contributed by atoms with Crippen molar-refractivity contribution in [2.75, 3.05) is 14.2 Å². The summed E-state index contributed by atoms with van der Waals surface area (Å²) in [7, 11) is 3.85. The van der Waals surface area contributed by atoms with E-state index in [0.717, 1.165) is 23.2 Å². The van der Waals surface area contributed by atoms with Gasteiger partial charge in [-0.1, -0.05) is 22.9 Å². The second-order valence-corrected chi connectivity index (χ2v) is 4.98. The van der Waals surface area contributed by atoms with Crippen molar-refractivity contribution in [3.63, 3.8) is 0 Å². The third kappa shape index (κ3) is 3.49. The largest absolute Gasteiger partial charge is 0.497 e. The molecular weight excluding hydrogens is 266 g/mol. The summed E-state index contributed by atoms with van der Waals surface area (Å²) in [6, 6.07) is 6.69. The fourth-order valence-electron chi connectivity index (χ4n) is 1.54. The van der Waals surface area contributed by atoms with Crippen LogP contribution in [0.4, 0.5) is 0 Å². The number of ether oxygens (including phenoxy) is 1. The maximum Gasteiger partial charge on any atom is 0.119 e. The maximum atomic E-state index is 5.24. The lowest BCUT2D eigenvalue weighted by atomic mass is 10.1. The minimum absolute atomic E-state index is 0.595. The minimum atomic E-state index is 0.595. The highest BCUT2D eigenvalue weighted by Gasteiger charge is 2.10. The lowest BCUT2D eigenvalue weighted by Gasteiger charge is -2.24. The average Bonchev–Trinajstić information content (AvgIpc) is 2.30. The molecule has 0 saturated heterocycles. The number of rotatable bonds is 5. The van der Waals surface area contributed by atoms with Crippen molar-refractivity contribution in [2.45, 2.75) is 32.9 Å². The fourth-order valence-corrected chi connectivity index (χ4v) is 1.91. The molecule has 1 aromatic rings. The SMILES string of the molecule is CCC(C)N(C)Cc1cc(OC)ccc1Br. The Kier molecular flexibility index (Phi) is 5.29. The Balaban J connectivity index is 2.79. The van der Waals surface area contributed by atoms with E-state index in [0.29, 0.717) is 6.04 Å². The average molecular weight is 286 g/mol. The van der Waals surface area contributed by atoms with Crippen molar-refractivity contribution in [3.05, 3.63) is 28.2 Å². The molecule has 0 spiro atoms. The molecule has 0 aliphatic heterocycles. The number of nitrogens with zero attached hydrogens (tertiary/aromatic N) is 1. The van der Waals surface area contributed by atoms with Crippen LogP contribution in [0, 0.1) is 0 Å². The van der Waals surface area contributed by atoms with Crippen LogP contribution in [-0.4, -0.2) is 25.1 Å². The normalized spacial score (nSPS) is 12.9. The van der Waals surface area contributed by atoms with Gasteiger partial charge >= 0.3 is 0 Å². The highest BCUT2D eigenvalue weighted by molar-refractivity contribution is 9.10. The molecule has 3 heteroatoms. The van der Waals surface area contributed by atoms with Gasteiger partial charge in [-0.05, 0) is 44.2 Å². The van der Waals surface area contributed by atoms with Crippen molar-refractivity contribution >= 4 is 15.9 Å². The zero-order valence-corrected chi connectivity index (χ0v) is 12.0. The molecule has 0 fully saturated rings. The van der Waals surface area contributed by atoms with Crippen LogP contribution in [0.2, 0.25) is 0 Å². The standard InChI is InChI=1S/C13H20BrNO/c1-5-10(2)15(3)9-11-8-12(16-4)6-7-13(11)14/h6-8,10H,5,9H2,1-4H3. The van der Waals surface area contributed by atoms with Crippen LogP contribution in [0.1, 0.15) is 25.8 Å². The monoisotopic (exact) mass is 285 g/mol. The Labute approximate surface area is 107 Å². The van der Waals surface area contributed by atoms with Gasteiger partial charge in [-0.15, -0.1) is 0 Å². The minimum Gasteiger partial charge on any atom is -0.497 e. The molecule has 90 valence electrons. The lowest BCUT2D eigenvalue weighted by Crippen LogP contribution is -2.27. The molecule has 0 heterocycles. The molecule has 0 amide bonds. The van der Waals surface area contributed by atoms with Gasteiger partial charge < -0.3 is 4.74 Å². The number of hydrogen-bond acceptors (Lipinski definition) is 2. The van der Waals surface area contributed by atoms with Crippen molar-refractivity contribution in [2.24, 2.45) is 0 Å². The summed E-state index contributed by atoms with van der Waals surface area (Å²) in [4.78, 5) is 2.35. The highest BCUT2D eigenvalue weighted by Crippen LogP contribution is 2.24. The molecule has 1 aromatic carbocycles. The highest BCUT2D eigenvalue weighted by atomic mass is 79.9. The first kappa shape index (κ1) is 13.5. The van der Waals surface area contributed by atoms with Gasteiger partial charge in [-0.25, -0.2) is 0 Å². The summed E-state index contributed by atoms with van der Waals surface area (Å²) in [6.45, 7) is 5.39. The molecule has 0 aliphatic carbocycles. The van der Waals surface area contributed by atoms with Crippen LogP contribution in [0.3, 0.4) is 0 Å². The van der Waals surface area contributed by atoms with Gasteiger partial charge in [0, 0.05) is 17.1 Å². The van der Waals surface area contributed by atoms with Gasteiger partial charge in [-0.3, -0.25) is 4.90 Å². The van der Waals surface area contributed by atoms with Crippen LogP contribution >= 0.6 is 15.9 Å². The Morgan fingerprint density at radius 3 is 2.69 bits per heavy atom. The molecule has 0 saturated carbocycles. The third-order valence-electron chi connectivity index (χ3n) is 3.02. The van der Waals surface area contributed by atoms with E-state index in [-0.39, 0.29) is 0 Å². The topological polar surface area (TPSA) is 12.5 Å². The summed E-state index contributed by atoms with van der Waals surface area (Å²) in [5, 5.41) is 0. The quantitative estimate of drug-likeness (QED) is 0.818. The summed E-state index contributed by atoms with van der Waals surface area (Å²) >= 11 is 3.58. The van der Waals surface area contributed by atoms with Gasteiger partial charge in [0.15, 0.2) is 0 Å². The molecule has 16 heavy (non-hydrogen) atoms. The molecular formula is C13H20BrNO. The second kappa shape index (κ2) is 6.26. The summed E-state index contributed by atoms with van der Waals surface area (Å²) in [5.41, 5.74) is 1.27. The van der Waals surface area contributed by atoms with E-state index in [1.165, 1.54) is 5.56 Å². The molecule has 2 nitrogen and oxygen atoms in total. The molecule has 0 aromatic heterocycles. The predicted molar refractivity (Wildman–Crippen MR) is 71.9 cm³/mol. The van der Waals surface area contributed by atoms with Crippen LogP contribution in [0.5, 0.6) is 5.75 Å². The first-order chi connectivity index (χ1) is 7.58. The molecule has 0 N–H and O–H groups in total. The van der Waals surface area contributed by atoms with E-state index >= 15 is 0 Å². The van der Waals surface area contributed by atoms with E-state index in [1.54, 1.807) is 7.11 Å². The molecule has 0 aliphatic rings. The molecule has 0 bridgehead atoms. The summed E-state index contributed by atoms with van der Waals surface area (Å²) in [5.74, 6) is 0.913. The Bertz CT molecular complexity index is 341. The van der Waals surface area contributed by atoms with Gasteiger partial charge in [0.2, 0.25) is 0 Å². The van der Waals surface area contributed by atoms with Gasteiger partial charge in [-0.2, -0.15) is 0 Å². The summed E-state index contributed by atoms with van der Waals surface area (Å²) < 4.78 is 6.38. The van der Waals surface area contributed by atoms with E-state index in [4.69, 9.17) is 4.74 Å². The first-order valence-corrected chi connectivity index (χ1v) is 6.40. The summed E-state index contributed by atoms with van der Waals surface area (Å²) in [6.07, 6.45) is 1.16. The second-order valence-electron chi connectivity index (χ2n) is 4.13. The number of benzene rings is 1. The Hall–Kier alpha value is -0.540. The lowest BCUT2D eigenvalue weighted by molar-refractivity contribution is 0.243. The number of halogens is 1. The van der Waals surface area contributed by atoms with Gasteiger partial charge in [0.1, 0.15) is 5.75 Å². The Morgan fingerprint density at radius 2 is 2.12 bits per heavy atom. The van der Waals surface area contributed by atoms with Gasteiger partial charge in [0.05, 0.1) is 7.11 Å². The van der Waals surface area contributed by atoms with Crippen LogP contribution in [0.15, 0.2) is 22.7 Å². The first-order valence-electron chi connectivity index (χ1n) is 5.61. The van der Waals surface area contributed by atoms with Crippen LogP contribution < -0.4 is 4.74 Å². The van der Waals surface area contributed by atoms with Crippen molar-refractivity contribution in [1.29, 1.82) is 0 Å². The van der Waals surface area contributed by atoms with Crippen LogP contribution in [0.25, 0.3) is 0 Å².